The number of likely N-dealkylation sites (tertiary alicyclic amines) is 1. The first kappa shape index (κ1) is 13.8. The summed E-state index contributed by atoms with van der Waals surface area (Å²) >= 11 is 0. The van der Waals surface area contributed by atoms with E-state index >= 15 is 0 Å². The second-order valence-electron chi connectivity index (χ2n) is 5.66. The fourth-order valence-corrected chi connectivity index (χ4v) is 3.13. The van der Waals surface area contributed by atoms with Gasteiger partial charge in [0, 0.05) is 19.6 Å². The van der Waals surface area contributed by atoms with E-state index in [1.807, 2.05) is 0 Å². The van der Waals surface area contributed by atoms with Crippen molar-refractivity contribution in [2.24, 2.45) is 5.92 Å². The molecule has 0 unspecified atom stereocenters. The molecule has 1 aliphatic carbocycles. The highest BCUT2D eigenvalue weighted by atomic mass is 16.5. The molecule has 0 aromatic rings. The summed E-state index contributed by atoms with van der Waals surface area (Å²) in [6.45, 7) is 3.87. The summed E-state index contributed by atoms with van der Waals surface area (Å²) in [5.74, 6) is 0.156. The molecule has 2 rings (SSSR count). The molecule has 1 saturated heterocycles. The molecule has 18 heavy (non-hydrogen) atoms. The molecule has 4 heteroatoms. The highest BCUT2D eigenvalue weighted by Gasteiger charge is 2.23. The Balaban J connectivity index is 1.57. The Morgan fingerprint density at radius 1 is 1.17 bits per heavy atom. The van der Waals surface area contributed by atoms with Gasteiger partial charge in [0.2, 0.25) is 0 Å². The van der Waals surface area contributed by atoms with Gasteiger partial charge < -0.3 is 14.7 Å². The van der Waals surface area contributed by atoms with E-state index in [4.69, 9.17) is 9.84 Å². The minimum Gasteiger partial charge on any atom is -0.481 e. The van der Waals surface area contributed by atoms with Crippen molar-refractivity contribution in [2.75, 3.05) is 26.2 Å². The Labute approximate surface area is 109 Å². The molecule has 104 valence electrons. The third kappa shape index (κ3) is 4.58. The first-order valence-electron chi connectivity index (χ1n) is 7.30. The SMILES string of the molecule is O=C(O)CCOC1CCN(CC2CCCC2)CC1. The van der Waals surface area contributed by atoms with Crippen molar-refractivity contribution >= 4 is 5.97 Å². The molecule has 0 amide bonds. The maximum atomic E-state index is 10.4. The Kier molecular flexibility index (Phi) is 5.45. The Morgan fingerprint density at radius 3 is 2.44 bits per heavy atom. The number of nitrogens with zero attached hydrogens (tertiary/aromatic N) is 1. The van der Waals surface area contributed by atoms with Crippen LogP contribution in [0.4, 0.5) is 0 Å². The molecule has 0 bridgehead atoms. The van der Waals surface area contributed by atoms with Crippen LogP contribution >= 0.6 is 0 Å². The summed E-state index contributed by atoms with van der Waals surface area (Å²) < 4.78 is 5.60. The predicted molar refractivity (Wildman–Crippen MR) is 69.6 cm³/mol. The Hall–Kier alpha value is -0.610. The van der Waals surface area contributed by atoms with Gasteiger partial charge in [-0.25, -0.2) is 0 Å². The van der Waals surface area contributed by atoms with Gasteiger partial charge in [-0.15, -0.1) is 0 Å². The maximum absolute atomic E-state index is 10.4. The van der Waals surface area contributed by atoms with E-state index in [0.717, 1.165) is 31.8 Å². The molecule has 1 heterocycles. The number of ether oxygens (including phenoxy) is 1. The van der Waals surface area contributed by atoms with Crippen molar-refractivity contribution in [2.45, 2.75) is 51.0 Å². The number of hydrogen-bond acceptors (Lipinski definition) is 3. The molecule has 0 radical (unpaired) electrons. The lowest BCUT2D eigenvalue weighted by Gasteiger charge is -2.33. The van der Waals surface area contributed by atoms with Gasteiger partial charge in [-0.2, -0.15) is 0 Å². The third-order valence-corrected chi connectivity index (χ3v) is 4.20. The summed E-state index contributed by atoms with van der Waals surface area (Å²) in [5, 5.41) is 8.56. The van der Waals surface area contributed by atoms with Gasteiger partial charge in [-0.1, -0.05) is 12.8 Å². The van der Waals surface area contributed by atoms with Crippen molar-refractivity contribution in [1.29, 1.82) is 0 Å². The van der Waals surface area contributed by atoms with Crippen LogP contribution in [0.3, 0.4) is 0 Å². The molecular weight excluding hydrogens is 230 g/mol. The number of rotatable bonds is 6. The lowest BCUT2D eigenvalue weighted by Crippen LogP contribution is -2.39. The van der Waals surface area contributed by atoms with Gasteiger partial charge in [0.1, 0.15) is 0 Å². The monoisotopic (exact) mass is 255 g/mol. The lowest BCUT2D eigenvalue weighted by molar-refractivity contribution is -0.138. The first-order valence-corrected chi connectivity index (χ1v) is 7.30. The van der Waals surface area contributed by atoms with Crippen LogP contribution in [0.25, 0.3) is 0 Å². The van der Waals surface area contributed by atoms with Crippen LogP contribution in [0, 0.1) is 5.92 Å². The van der Waals surface area contributed by atoms with E-state index in [0.29, 0.717) is 6.61 Å². The van der Waals surface area contributed by atoms with Crippen molar-refractivity contribution in [3.8, 4) is 0 Å². The van der Waals surface area contributed by atoms with Gasteiger partial charge in [0.05, 0.1) is 19.1 Å². The van der Waals surface area contributed by atoms with Crippen molar-refractivity contribution < 1.29 is 14.6 Å². The fraction of sp³-hybridized carbons (Fsp3) is 0.929. The minimum atomic E-state index is -0.770. The van der Waals surface area contributed by atoms with E-state index in [1.54, 1.807) is 0 Å². The minimum absolute atomic E-state index is 0.127. The number of carboxylic acids is 1. The molecule has 1 saturated carbocycles. The summed E-state index contributed by atoms with van der Waals surface area (Å²) in [7, 11) is 0. The number of hydrogen-bond donors (Lipinski definition) is 1. The van der Waals surface area contributed by atoms with Crippen LogP contribution in [0.15, 0.2) is 0 Å². The van der Waals surface area contributed by atoms with Crippen molar-refractivity contribution in [3.05, 3.63) is 0 Å². The maximum Gasteiger partial charge on any atom is 0.305 e. The van der Waals surface area contributed by atoms with Crippen LogP contribution in [-0.2, 0) is 9.53 Å². The quantitative estimate of drug-likeness (QED) is 0.790. The molecule has 0 spiro atoms. The first-order chi connectivity index (χ1) is 8.74. The molecule has 1 N–H and O–H groups in total. The zero-order valence-electron chi connectivity index (χ0n) is 11.1. The summed E-state index contributed by atoms with van der Waals surface area (Å²) in [6.07, 6.45) is 8.19. The number of carbonyl (C=O) groups is 1. The van der Waals surface area contributed by atoms with E-state index in [9.17, 15) is 4.79 Å². The number of piperidine rings is 1. The van der Waals surface area contributed by atoms with Crippen LogP contribution in [0.5, 0.6) is 0 Å². The third-order valence-electron chi connectivity index (χ3n) is 4.20. The van der Waals surface area contributed by atoms with Crippen molar-refractivity contribution in [3.63, 3.8) is 0 Å². The average Bonchev–Trinajstić information content (AvgIpc) is 2.84. The molecule has 1 aliphatic heterocycles. The highest BCUT2D eigenvalue weighted by Crippen LogP contribution is 2.26. The number of aliphatic carboxylic acids is 1. The molecule has 2 fully saturated rings. The van der Waals surface area contributed by atoms with Crippen LogP contribution in [0.2, 0.25) is 0 Å². The predicted octanol–water partition coefficient (Wildman–Crippen LogP) is 2.13. The molecule has 0 aromatic carbocycles. The van der Waals surface area contributed by atoms with Gasteiger partial charge in [0.25, 0.3) is 0 Å². The summed E-state index contributed by atoms with van der Waals surface area (Å²) in [4.78, 5) is 13.0. The highest BCUT2D eigenvalue weighted by molar-refractivity contribution is 5.66. The standard InChI is InChI=1S/C14H25NO3/c16-14(17)7-10-18-13-5-8-15(9-6-13)11-12-3-1-2-4-12/h12-13H,1-11H2,(H,16,17). The van der Waals surface area contributed by atoms with E-state index in [1.165, 1.54) is 32.2 Å². The fourth-order valence-electron chi connectivity index (χ4n) is 3.13. The molecule has 0 aromatic heterocycles. The molecule has 4 nitrogen and oxygen atoms in total. The zero-order valence-corrected chi connectivity index (χ0v) is 11.1. The normalized spacial score (nSPS) is 23.6. The van der Waals surface area contributed by atoms with E-state index in [2.05, 4.69) is 4.90 Å². The van der Waals surface area contributed by atoms with Gasteiger partial charge in [-0.3, -0.25) is 4.79 Å². The van der Waals surface area contributed by atoms with E-state index < -0.39 is 5.97 Å². The van der Waals surface area contributed by atoms with Crippen LogP contribution in [0.1, 0.15) is 44.9 Å². The average molecular weight is 255 g/mol. The van der Waals surface area contributed by atoms with Crippen LogP contribution in [-0.4, -0.2) is 48.3 Å². The van der Waals surface area contributed by atoms with Gasteiger partial charge in [-0.05, 0) is 31.6 Å². The molecular formula is C14H25NO3. The largest absolute Gasteiger partial charge is 0.481 e. The number of carboxylic acid groups (broad SMARTS) is 1. The summed E-state index contributed by atoms with van der Waals surface area (Å²) in [6, 6.07) is 0. The zero-order chi connectivity index (χ0) is 12.8. The Morgan fingerprint density at radius 2 is 1.83 bits per heavy atom. The van der Waals surface area contributed by atoms with Gasteiger partial charge in [0.15, 0.2) is 0 Å². The second-order valence-corrected chi connectivity index (χ2v) is 5.66. The van der Waals surface area contributed by atoms with Gasteiger partial charge >= 0.3 is 5.97 Å². The molecule has 2 aliphatic rings. The second kappa shape index (κ2) is 7.10. The molecule has 0 atom stereocenters. The van der Waals surface area contributed by atoms with E-state index in [-0.39, 0.29) is 12.5 Å². The topological polar surface area (TPSA) is 49.8 Å². The van der Waals surface area contributed by atoms with Crippen LogP contribution < -0.4 is 0 Å². The smallest absolute Gasteiger partial charge is 0.305 e. The lowest BCUT2D eigenvalue weighted by atomic mass is 10.0. The van der Waals surface area contributed by atoms with Crippen molar-refractivity contribution in [1.82, 2.24) is 4.90 Å². The Bertz CT molecular complexity index is 256. The summed E-state index contributed by atoms with van der Waals surface area (Å²) in [5.41, 5.74) is 0.